The molecule has 5 atom stereocenters. The zero-order valence-corrected chi connectivity index (χ0v) is 49.3. The fourth-order valence-corrected chi connectivity index (χ4v) is 10.3. The highest BCUT2D eigenvalue weighted by Crippen LogP contribution is 2.36. The van der Waals surface area contributed by atoms with Crippen LogP contribution in [-0.2, 0) is 86.3 Å². The largest absolute Gasteiger partial charge is 0.534 e. The van der Waals surface area contributed by atoms with Crippen LogP contribution in [-0.4, -0.2) is 241 Å². The van der Waals surface area contributed by atoms with Gasteiger partial charge >= 0.3 is 48.1 Å². The first kappa shape index (κ1) is 70.5. The number of allylic oxidation sites excluding steroid dienone is 2. The molecular formula is C56H78N8O24. The Hall–Kier alpha value is -8.23. The molecule has 4 saturated heterocycles. The number of amides is 7. The normalized spacial score (nSPS) is 25.0. The lowest BCUT2D eigenvalue weighted by atomic mass is 9.79. The van der Waals surface area contributed by atoms with Gasteiger partial charge in [-0.15, -0.1) is 10.1 Å². The molecule has 32 nitrogen and oxygen atoms in total. The van der Waals surface area contributed by atoms with Crippen molar-refractivity contribution in [3.63, 3.8) is 0 Å². The van der Waals surface area contributed by atoms with Gasteiger partial charge in [-0.05, 0) is 90.2 Å². The molecule has 6 aliphatic rings. The summed E-state index contributed by atoms with van der Waals surface area (Å²) in [5, 5.41) is 42.5. The van der Waals surface area contributed by atoms with Crippen LogP contribution in [0.1, 0.15) is 129 Å². The third-order valence-corrected chi connectivity index (χ3v) is 15.7. The molecule has 0 radical (unpaired) electrons. The Morgan fingerprint density at radius 1 is 0.523 bits per heavy atom. The molecule has 7 amide bonds. The van der Waals surface area contributed by atoms with E-state index >= 15 is 0 Å². The molecule has 6 rings (SSSR count). The van der Waals surface area contributed by atoms with E-state index in [-0.39, 0.29) is 174 Å². The molecule has 32 heteroatoms. The topological polar surface area (TPSA) is 418 Å². The summed E-state index contributed by atoms with van der Waals surface area (Å²) < 4.78 is 10.7. The van der Waals surface area contributed by atoms with E-state index in [1.54, 1.807) is 57.8 Å². The maximum absolute atomic E-state index is 13.0. The average Bonchev–Trinajstić information content (AvgIpc) is 3.91. The lowest BCUT2D eigenvalue weighted by Gasteiger charge is -2.35. The number of hydrogen-bond donors (Lipinski definition) is 5. The number of hydroxylamine groups is 6. The van der Waals surface area contributed by atoms with Crippen LogP contribution in [0.3, 0.4) is 0 Å². The highest BCUT2D eigenvalue weighted by atomic mass is 16.8. The van der Waals surface area contributed by atoms with Gasteiger partial charge in [0.1, 0.15) is 24.0 Å². The number of alkyl carbamates (subject to hydrolysis) is 1. The van der Waals surface area contributed by atoms with Gasteiger partial charge in [-0.25, -0.2) is 19.2 Å². The number of carboxylic acid groups (broad SMARTS) is 4. The Morgan fingerprint density at radius 3 is 1.28 bits per heavy atom. The van der Waals surface area contributed by atoms with E-state index in [1.165, 1.54) is 0 Å². The van der Waals surface area contributed by atoms with E-state index in [0.717, 1.165) is 0 Å². The molecule has 0 saturated carbocycles. The number of hydrogen-bond acceptors (Lipinski definition) is 24. The fourth-order valence-electron chi connectivity index (χ4n) is 10.3. The van der Waals surface area contributed by atoms with Gasteiger partial charge in [0.25, 0.3) is 35.4 Å². The molecular weight excluding hydrogens is 1170 g/mol. The van der Waals surface area contributed by atoms with Crippen molar-refractivity contribution < 1.29 is 116 Å². The first-order valence-corrected chi connectivity index (χ1v) is 29.1. The second kappa shape index (κ2) is 33.8. The number of nitrogens with one attached hydrogen (secondary N) is 1. The highest BCUT2D eigenvalue weighted by Gasteiger charge is 2.43. The monoisotopic (exact) mass is 1250 g/mol. The number of nitrogens with zero attached hydrogens (tertiary/aromatic N) is 7. The van der Waals surface area contributed by atoms with Crippen molar-refractivity contribution in [1.82, 2.24) is 40.1 Å². The summed E-state index contributed by atoms with van der Waals surface area (Å²) in [5.74, 6) is -9.71. The molecule has 486 valence electrons. The van der Waals surface area contributed by atoms with Crippen molar-refractivity contribution in [1.29, 1.82) is 0 Å². The van der Waals surface area contributed by atoms with Crippen LogP contribution in [0.15, 0.2) is 24.3 Å². The summed E-state index contributed by atoms with van der Waals surface area (Å²) in [4.78, 5) is 202. The summed E-state index contributed by atoms with van der Waals surface area (Å²) in [6.07, 6.45) is 6.16. The van der Waals surface area contributed by atoms with E-state index in [1.807, 2.05) is 0 Å². The third-order valence-electron chi connectivity index (χ3n) is 15.7. The smallest absolute Gasteiger partial charge is 0.480 e. The Labute approximate surface area is 505 Å². The number of rotatable bonds is 22. The Bertz CT molecular complexity index is 2620. The molecule has 1 unspecified atom stereocenters. The van der Waals surface area contributed by atoms with Crippen molar-refractivity contribution in [2.75, 3.05) is 78.5 Å². The number of imide groups is 3. The van der Waals surface area contributed by atoms with Crippen LogP contribution in [0, 0.1) is 10.8 Å². The van der Waals surface area contributed by atoms with Crippen LogP contribution in [0.5, 0.6) is 0 Å². The van der Waals surface area contributed by atoms with Gasteiger partial charge < -0.3 is 44.9 Å². The lowest BCUT2D eigenvalue weighted by Crippen LogP contribution is -2.51. The van der Waals surface area contributed by atoms with Crippen LogP contribution in [0.4, 0.5) is 9.59 Å². The second-order valence-corrected chi connectivity index (χ2v) is 22.6. The van der Waals surface area contributed by atoms with Crippen LogP contribution >= 0.6 is 0 Å². The van der Waals surface area contributed by atoms with E-state index in [2.05, 4.69) is 10.2 Å². The zero-order valence-electron chi connectivity index (χ0n) is 49.3. The number of carboxylic acids is 4. The summed E-state index contributed by atoms with van der Waals surface area (Å²) in [5.41, 5.74) is -2.05. The molecule has 2 aliphatic carbocycles. The maximum atomic E-state index is 13.0. The van der Waals surface area contributed by atoms with E-state index in [9.17, 15) is 92.3 Å². The lowest BCUT2D eigenvalue weighted by molar-refractivity contribution is -0.205. The minimum atomic E-state index is -1.20. The second-order valence-electron chi connectivity index (χ2n) is 22.6. The summed E-state index contributed by atoms with van der Waals surface area (Å²) in [6.45, 7) is 3.49. The van der Waals surface area contributed by atoms with Gasteiger partial charge in [0.2, 0.25) is 0 Å². The third kappa shape index (κ3) is 22.5. The van der Waals surface area contributed by atoms with E-state index in [4.69, 9.17) is 19.1 Å². The molecule has 4 heterocycles. The molecule has 0 aromatic heterocycles. The Balaban J connectivity index is 0.000000391. The van der Waals surface area contributed by atoms with Gasteiger partial charge in [0.15, 0.2) is 0 Å². The van der Waals surface area contributed by atoms with Gasteiger partial charge in [-0.2, -0.15) is 0 Å². The molecule has 0 aromatic carbocycles. The van der Waals surface area contributed by atoms with E-state index < -0.39 is 113 Å². The predicted octanol–water partition coefficient (Wildman–Crippen LogP) is 1.20. The minimum absolute atomic E-state index is 0.00557. The van der Waals surface area contributed by atoms with Gasteiger partial charge in [0.05, 0.1) is 30.5 Å². The Kier molecular flexibility index (Phi) is 27.1. The number of carbonyl (C=O) groups excluding carboxylic acids is 11. The summed E-state index contributed by atoms with van der Waals surface area (Å²) in [7, 11) is 0. The molecule has 5 N–H and O–H groups in total. The number of aliphatic carboxylic acids is 4. The van der Waals surface area contributed by atoms with Gasteiger partial charge in [-0.1, -0.05) is 17.2 Å². The van der Waals surface area contributed by atoms with Gasteiger partial charge in [-0.3, -0.25) is 77.2 Å². The molecule has 0 aromatic rings. The Morgan fingerprint density at radius 2 is 0.898 bits per heavy atom. The van der Waals surface area contributed by atoms with Crippen molar-refractivity contribution in [3.05, 3.63) is 24.3 Å². The van der Waals surface area contributed by atoms with E-state index in [0.29, 0.717) is 40.9 Å². The van der Waals surface area contributed by atoms with Crippen molar-refractivity contribution in [2.45, 2.75) is 148 Å². The average molecular weight is 1250 g/mol. The van der Waals surface area contributed by atoms with Crippen LogP contribution < -0.4 is 5.32 Å². The number of Topliss-reactive ketones (excluding diaryl/α,β-unsaturated/α-hetero) is 1. The fraction of sp³-hybridized carbons (Fsp3) is 0.661. The quantitative estimate of drug-likeness (QED) is 0.0440. The SMILES string of the molecule is C[C@]1(C(=O)ON2C(=O)CCC2=O)CC/C=C/[C@@H](OC(=O)NCCCC(=O)CCC(C(=O)O)N2CCN(CC(=O)O)CCN(CC(=O)O)CCN(CC(=O)O)CC2)CC1.C[C@]1(C(=O)ON2C(=O)CCC2=O)CC/C=C/[C@@H](OC(=O)ON2C(=O)CCC2=O)CC1. The van der Waals surface area contributed by atoms with Crippen LogP contribution in [0.2, 0.25) is 0 Å². The number of carbonyl (C=O) groups is 15. The minimum Gasteiger partial charge on any atom is -0.480 e. The van der Waals surface area contributed by atoms with Crippen molar-refractivity contribution in [2.24, 2.45) is 10.8 Å². The summed E-state index contributed by atoms with van der Waals surface area (Å²) >= 11 is 0. The van der Waals surface area contributed by atoms with Gasteiger partial charge in [0, 0.05) is 110 Å². The molecule has 0 bridgehead atoms. The standard InChI is InChI=1S/C37H56N6O15.C19H22N2O9/c1-37(35(55)58-43-29(45)9-10-30(43)46)12-3-2-6-27(11-13-37)57-36(56)38-14-4-5-26(44)7-8-28(34(53)54)42-21-19-40(24-32(49)50)17-15-39(23-31(47)48)16-18-41(20-22-42)25-33(51)52;1-19(17(26)29-20-13(22)5-6-14(20)23)10-3-2-4-12(9-11-19)28-18(27)30-21-15(24)7-8-16(21)25/h2,6,27-28H,3-5,7-25H2,1H3,(H,38,56)(H,47,48)(H,49,50)(H,51,52)(H,53,54);2,4,12H,3,5-11H2,1H3/b6-2+;4-2+/t27-,28?,37+;12-,19+/m11/s1. The number of ketones is 1. The molecule has 88 heavy (non-hydrogen) atoms. The predicted molar refractivity (Wildman–Crippen MR) is 295 cm³/mol. The molecule has 0 spiro atoms. The zero-order chi connectivity index (χ0) is 64.7. The molecule has 4 fully saturated rings. The highest BCUT2D eigenvalue weighted by molar-refractivity contribution is 6.03. The van der Waals surface area contributed by atoms with Crippen molar-refractivity contribution in [3.8, 4) is 0 Å². The van der Waals surface area contributed by atoms with Crippen LogP contribution in [0.25, 0.3) is 0 Å². The maximum Gasteiger partial charge on any atom is 0.534 e. The molecule has 4 aliphatic heterocycles. The van der Waals surface area contributed by atoms with Crippen molar-refractivity contribution >= 4 is 89.3 Å². The summed E-state index contributed by atoms with van der Waals surface area (Å²) in [6, 6.07) is -1.15. The first-order valence-electron chi connectivity index (χ1n) is 29.1. The number of ether oxygens (including phenoxy) is 2. The first-order chi connectivity index (χ1) is 41.6.